The molecule has 0 aliphatic carbocycles. The zero-order chi connectivity index (χ0) is 23.4. The van der Waals surface area contributed by atoms with Crippen molar-refractivity contribution >= 4 is 22.6 Å². The number of hydrogen-bond donors (Lipinski definition) is 1. The third kappa shape index (κ3) is 3.63. The number of aromatic amines is 1. The number of benzene rings is 2. The Labute approximate surface area is 187 Å². The standard InChI is InChI=1S/C23H19ClF3N5/c1-22(2,3)20-14(11-28)19(32(4)31-20)21-29-17-10-12(9-16(24)18(17)30-21)13-7-5-6-8-15(13)23(25,26)27/h5-10H,1-4H3,(H,29,30). The quantitative estimate of drug-likeness (QED) is 0.375. The molecule has 0 radical (unpaired) electrons. The average molecular weight is 458 g/mol. The fourth-order valence-electron chi connectivity index (χ4n) is 3.75. The van der Waals surface area contributed by atoms with Crippen LogP contribution in [0.3, 0.4) is 0 Å². The van der Waals surface area contributed by atoms with Crippen LogP contribution in [-0.2, 0) is 18.6 Å². The Kier molecular flexibility index (Phi) is 5.05. The molecule has 2 aromatic heterocycles. The topological polar surface area (TPSA) is 70.3 Å². The monoisotopic (exact) mass is 457 g/mol. The van der Waals surface area contributed by atoms with Crippen molar-refractivity contribution in [1.29, 1.82) is 5.26 Å². The van der Waals surface area contributed by atoms with Gasteiger partial charge < -0.3 is 4.98 Å². The molecule has 0 spiro atoms. The lowest BCUT2D eigenvalue weighted by Crippen LogP contribution is -2.14. The molecule has 164 valence electrons. The maximum absolute atomic E-state index is 13.5. The highest BCUT2D eigenvalue weighted by atomic mass is 35.5. The molecule has 0 fully saturated rings. The third-order valence-electron chi connectivity index (χ3n) is 5.18. The summed E-state index contributed by atoms with van der Waals surface area (Å²) >= 11 is 6.42. The number of H-pyrrole nitrogens is 1. The van der Waals surface area contributed by atoms with Crippen LogP contribution >= 0.6 is 11.6 Å². The first-order chi connectivity index (χ1) is 14.9. The summed E-state index contributed by atoms with van der Waals surface area (Å²) in [6.45, 7) is 5.87. The molecule has 0 aliphatic heterocycles. The Balaban J connectivity index is 1.92. The van der Waals surface area contributed by atoms with Gasteiger partial charge in [0.05, 0.1) is 21.8 Å². The predicted octanol–water partition coefficient (Wildman–Crippen LogP) is 6.47. The Morgan fingerprint density at radius 2 is 1.81 bits per heavy atom. The maximum Gasteiger partial charge on any atom is 0.417 e. The minimum Gasteiger partial charge on any atom is -0.337 e. The van der Waals surface area contributed by atoms with Crippen molar-refractivity contribution < 1.29 is 13.2 Å². The molecule has 0 bridgehead atoms. The van der Waals surface area contributed by atoms with Gasteiger partial charge in [0.15, 0.2) is 5.82 Å². The van der Waals surface area contributed by atoms with E-state index >= 15 is 0 Å². The van der Waals surface area contributed by atoms with Crippen molar-refractivity contribution in [2.24, 2.45) is 7.05 Å². The van der Waals surface area contributed by atoms with E-state index in [4.69, 9.17) is 11.6 Å². The third-order valence-corrected chi connectivity index (χ3v) is 5.47. The van der Waals surface area contributed by atoms with Crippen LogP contribution < -0.4 is 0 Å². The molecule has 4 rings (SSSR count). The van der Waals surface area contributed by atoms with Gasteiger partial charge in [0.2, 0.25) is 0 Å². The second-order valence-electron chi connectivity index (χ2n) is 8.54. The number of fused-ring (bicyclic) bond motifs is 1. The largest absolute Gasteiger partial charge is 0.417 e. The molecule has 0 amide bonds. The maximum atomic E-state index is 13.5. The second kappa shape index (κ2) is 7.38. The molecule has 2 heterocycles. The summed E-state index contributed by atoms with van der Waals surface area (Å²) < 4.78 is 42.1. The first kappa shape index (κ1) is 21.9. The van der Waals surface area contributed by atoms with Crippen LogP contribution in [0.5, 0.6) is 0 Å². The van der Waals surface area contributed by atoms with Crippen LogP contribution in [0.25, 0.3) is 33.7 Å². The summed E-state index contributed by atoms with van der Waals surface area (Å²) in [5.74, 6) is 0.366. The summed E-state index contributed by atoms with van der Waals surface area (Å²) in [6.07, 6.45) is -4.50. The molecule has 4 aromatic rings. The van der Waals surface area contributed by atoms with E-state index in [0.717, 1.165) is 6.07 Å². The Hall–Kier alpha value is -3.31. The molecule has 0 saturated heterocycles. The van der Waals surface area contributed by atoms with Crippen molar-refractivity contribution in [3.05, 3.63) is 58.2 Å². The number of imidazole rings is 1. The molecule has 1 N–H and O–H groups in total. The number of hydrogen-bond acceptors (Lipinski definition) is 3. The number of halogens is 4. The number of nitriles is 1. The first-order valence-electron chi connectivity index (χ1n) is 9.75. The lowest BCUT2D eigenvalue weighted by atomic mass is 9.89. The van der Waals surface area contributed by atoms with Crippen molar-refractivity contribution in [3.8, 4) is 28.7 Å². The van der Waals surface area contributed by atoms with E-state index in [1.807, 2.05) is 20.8 Å². The molecular weight excluding hydrogens is 439 g/mol. The van der Waals surface area contributed by atoms with Gasteiger partial charge in [0, 0.05) is 12.5 Å². The van der Waals surface area contributed by atoms with Gasteiger partial charge in [-0.1, -0.05) is 50.6 Å². The van der Waals surface area contributed by atoms with Gasteiger partial charge in [-0.3, -0.25) is 4.68 Å². The summed E-state index contributed by atoms with van der Waals surface area (Å²) in [6, 6.07) is 10.6. The fourth-order valence-corrected chi connectivity index (χ4v) is 4.01. The van der Waals surface area contributed by atoms with Crippen molar-refractivity contribution in [3.63, 3.8) is 0 Å². The van der Waals surface area contributed by atoms with Gasteiger partial charge in [-0.25, -0.2) is 4.98 Å². The van der Waals surface area contributed by atoms with Crippen molar-refractivity contribution in [1.82, 2.24) is 19.7 Å². The van der Waals surface area contributed by atoms with Gasteiger partial charge in [-0.15, -0.1) is 0 Å². The minimum absolute atomic E-state index is 0.0215. The number of nitrogens with zero attached hydrogens (tertiary/aromatic N) is 4. The van der Waals surface area contributed by atoms with E-state index < -0.39 is 11.7 Å². The summed E-state index contributed by atoms with van der Waals surface area (Å²) in [5, 5.41) is 14.5. The molecule has 0 unspecified atom stereocenters. The summed E-state index contributed by atoms with van der Waals surface area (Å²) in [5.41, 5.74) is 1.59. The zero-order valence-corrected chi connectivity index (χ0v) is 18.5. The van der Waals surface area contributed by atoms with Gasteiger partial charge in [-0.05, 0) is 29.3 Å². The van der Waals surface area contributed by atoms with E-state index in [-0.39, 0.29) is 16.0 Å². The van der Waals surface area contributed by atoms with E-state index in [2.05, 4.69) is 21.1 Å². The Morgan fingerprint density at radius 3 is 2.44 bits per heavy atom. The normalized spacial score (nSPS) is 12.3. The zero-order valence-electron chi connectivity index (χ0n) is 17.8. The highest BCUT2D eigenvalue weighted by Crippen LogP contribution is 2.40. The molecule has 2 aromatic carbocycles. The van der Waals surface area contributed by atoms with Crippen LogP contribution in [0, 0.1) is 11.3 Å². The second-order valence-corrected chi connectivity index (χ2v) is 8.95. The molecule has 0 atom stereocenters. The van der Waals surface area contributed by atoms with Gasteiger partial charge in [0.1, 0.15) is 22.8 Å². The molecule has 0 aliphatic rings. The number of aromatic nitrogens is 4. The SMILES string of the molecule is Cn1nc(C(C)(C)C)c(C#N)c1-c1nc2c(Cl)cc(-c3ccccc3C(F)(F)F)cc2[nH]1. The lowest BCUT2D eigenvalue weighted by molar-refractivity contribution is -0.137. The number of aryl methyl sites for hydroxylation is 1. The smallest absolute Gasteiger partial charge is 0.337 e. The average Bonchev–Trinajstić information content (AvgIpc) is 3.27. The van der Waals surface area contributed by atoms with Gasteiger partial charge >= 0.3 is 6.18 Å². The van der Waals surface area contributed by atoms with Crippen LogP contribution in [-0.4, -0.2) is 19.7 Å². The van der Waals surface area contributed by atoms with Crippen LogP contribution in [0.15, 0.2) is 36.4 Å². The molecule has 9 heteroatoms. The fraction of sp³-hybridized carbons (Fsp3) is 0.261. The van der Waals surface area contributed by atoms with E-state index in [0.29, 0.717) is 39.4 Å². The molecule has 5 nitrogen and oxygen atoms in total. The lowest BCUT2D eigenvalue weighted by Gasteiger charge is -2.15. The highest BCUT2D eigenvalue weighted by Gasteiger charge is 2.33. The van der Waals surface area contributed by atoms with Crippen molar-refractivity contribution in [2.75, 3.05) is 0 Å². The van der Waals surface area contributed by atoms with Crippen LogP contribution in [0.4, 0.5) is 13.2 Å². The predicted molar refractivity (Wildman–Crippen MR) is 117 cm³/mol. The molecule has 0 saturated carbocycles. The van der Waals surface area contributed by atoms with Gasteiger partial charge in [-0.2, -0.15) is 23.5 Å². The van der Waals surface area contributed by atoms with E-state index in [1.165, 1.54) is 18.2 Å². The first-order valence-corrected chi connectivity index (χ1v) is 10.1. The van der Waals surface area contributed by atoms with Crippen LogP contribution in [0.2, 0.25) is 5.02 Å². The summed E-state index contributed by atoms with van der Waals surface area (Å²) in [4.78, 5) is 7.64. The summed E-state index contributed by atoms with van der Waals surface area (Å²) in [7, 11) is 1.71. The van der Waals surface area contributed by atoms with E-state index in [9.17, 15) is 18.4 Å². The number of nitrogens with one attached hydrogen (secondary N) is 1. The highest BCUT2D eigenvalue weighted by molar-refractivity contribution is 6.35. The minimum atomic E-state index is -4.50. The van der Waals surface area contributed by atoms with E-state index in [1.54, 1.807) is 23.9 Å². The Morgan fingerprint density at radius 1 is 1.12 bits per heavy atom. The Bertz CT molecular complexity index is 1380. The van der Waals surface area contributed by atoms with Gasteiger partial charge in [0.25, 0.3) is 0 Å². The molecular formula is C23H19ClF3N5. The molecule has 32 heavy (non-hydrogen) atoms. The number of alkyl halides is 3. The van der Waals surface area contributed by atoms with Crippen molar-refractivity contribution in [2.45, 2.75) is 32.4 Å². The number of rotatable bonds is 2. The van der Waals surface area contributed by atoms with Crippen LogP contribution in [0.1, 0.15) is 37.6 Å².